The first-order valence-electron chi connectivity index (χ1n) is 14.9. The van der Waals surface area contributed by atoms with E-state index in [1.165, 1.54) is 0 Å². The SMILES string of the molecule is Cc1cc(CN(Cc2nc3ccccc3o2)C(C)(C)C)c(O)c(C(c2ccccc2)(c2ccccc2)c2ccccc2)c1. The molecule has 0 unspecified atom stereocenters. The zero-order chi connectivity index (χ0) is 30.0. The Morgan fingerprint density at radius 3 is 1.70 bits per heavy atom. The van der Waals surface area contributed by atoms with Crippen LogP contribution in [0.15, 0.2) is 132 Å². The molecule has 1 aromatic heterocycles. The molecule has 0 spiro atoms. The summed E-state index contributed by atoms with van der Waals surface area (Å²) in [4.78, 5) is 7.06. The maximum Gasteiger partial charge on any atom is 0.209 e. The van der Waals surface area contributed by atoms with Gasteiger partial charge in [-0.3, -0.25) is 4.90 Å². The van der Waals surface area contributed by atoms with Gasteiger partial charge < -0.3 is 9.52 Å². The lowest BCUT2D eigenvalue weighted by Gasteiger charge is -2.39. The lowest BCUT2D eigenvalue weighted by molar-refractivity contribution is 0.106. The number of aromatic hydroxyl groups is 1. The van der Waals surface area contributed by atoms with Crippen molar-refractivity contribution >= 4 is 11.1 Å². The van der Waals surface area contributed by atoms with E-state index in [0.717, 1.165) is 44.5 Å². The molecule has 43 heavy (non-hydrogen) atoms. The first kappa shape index (κ1) is 28.4. The molecule has 5 aromatic carbocycles. The molecule has 0 aliphatic heterocycles. The number of aryl methyl sites for hydroxylation is 1. The Hall–Kier alpha value is -4.67. The van der Waals surface area contributed by atoms with Gasteiger partial charge in [-0.15, -0.1) is 0 Å². The van der Waals surface area contributed by atoms with Crippen molar-refractivity contribution in [2.45, 2.75) is 51.7 Å². The Balaban J connectivity index is 1.53. The van der Waals surface area contributed by atoms with Crippen LogP contribution in [-0.2, 0) is 18.5 Å². The van der Waals surface area contributed by atoms with Crippen molar-refractivity contribution in [3.63, 3.8) is 0 Å². The standard InChI is InChI=1S/C39H38N2O2/c1-28-24-29(26-41(38(2,3)4)27-36-40-34-22-14-15-23-35(34)43-36)37(42)33(25-28)39(30-16-8-5-9-17-30,31-18-10-6-11-19-31)32-20-12-7-13-21-32/h5-25,42H,26-27H2,1-4H3. The van der Waals surface area contributed by atoms with Gasteiger partial charge in [0.1, 0.15) is 11.3 Å². The van der Waals surface area contributed by atoms with Gasteiger partial charge in [-0.05, 0) is 56.5 Å². The fraction of sp³-hybridized carbons (Fsp3) is 0.205. The van der Waals surface area contributed by atoms with Crippen molar-refractivity contribution in [2.24, 2.45) is 0 Å². The number of hydrogen-bond acceptors (Lipinski definition) is 4. The number of fused-ring (bicyclic) bond motifs is 1. The maximum atomic E-state index is 12.4. The average molecular weight is 567 g/mol. The Labute approximate surface area is 254 Å². The lowest BCUT2D eigenvalue weighted by Crippen LogP contribution is -2.40. The second kappa shape index (κ2) is 11.5. The topological polar surface area (TPSA) is 49.5 Å². The zero-order valence-electron chi connectivity index (χ0n) is 25.3. The van der Waals surface area contributed by atoms with Crippen molar-refractivity contribution in [1.82, 2.24) is 9.88 Å². The van der Waals surface area contributed by atoms with Crippen LogP contribution in [0.2, 0.25) is 0 Å². The molecule has 0 atom stereocenters. The van der Waals surface area contributed by atoms with Gasteiger partial charge in [0.15, 0.2) is 5.58 Å². The molecule has 0 saturated heterocycles. The molecule has 0 saturated carbocycles. The van der Waals surface area contributed by atoms with E-state index in [2.05, 4.69) is 118 Å². The molecule has 0 radical (unpaired) electrons. The highest BCUT2D eigenvalue weighted by molar-refractivity contribution is 5.72. The lowest BCUT2D eigenvalue weighted by atomic mass is 9.64. The number of hydrogen-bond donors (Lipinski definition) is 1. The fourth-order valence-corrected chi connectivity index (χ4v) is 6.18. The van der Waals surface area contributed by atoms with E-state index in [0.29, 0.717) is 24.7 Å². The van der Waals surface area contributed by atoms with Gasteiger partial charge in [0.05, 0.1) is 12.0 Å². The van der Waals surface area contributed by atoms with Crippen LogP contribution in [0, 0.1) is 6.92 Å². The molecule has 0 aliphatic rings. The van der Waals surface area contributed by atoms with Crippen LogP contribution in [0.5, 0.6) is 5.75 Å². The third kappa shape index (κ3) is 5.47. The number of para-hydroxylation sites is 2. The summed E-state index contributed by atoms with van der Waals surface area (Å²) in [5.74, 6) is 0.963. The molecule has 6 aromatic rings. The molecule has 1 N–H and O–H groups in total. The second-order valence-corrected chi connectivity index (χ2v) is 12.3. The van der Waals surface area contributed by atoms with Crippen LogP contribution in [0.25, 0.3) is 11.1 Å². The van der Waals surface area contributed by atoms with E-state index in [4.69, 9.17) is 9.40 Å². The number of phenols is 1. The molecule has 0 amide bonds. The molecular weight excluding hydrogens is 528 g/mol. The van der Waals surface area contributed by atoms with Crippen molar-refractivity contribution in [1.29, 1.82) is 0 Å². The molecule has 0 fully saturated rings. The number of aromatic nitrogens is 1. The minimum absolute atomic E-state index is 0.216. The van der Waals surface area contributed by atoms with Crippen LogP contribution in [-0.4, -0.2) is 20.5 Å². The van der Waals surface area contributed by atoms with Crippen molar-refractivity contribution in [2.75, 3.05) is 0 Å². The molecule has 6 rings (SSSR count). The predicted molar refractivity (Wildman–Crippen MR) is 174 cm³/mol. The summed E-state index contributed by atoms with van der Waals surface area (Å²) < 4.78 is 6.12. The number of nitrogens with zero attached hydrogens (tertiary/aromatic N) is 2. The van der Waals surface area contributed by atoms with Crippen molar-refractivity contribution in [3.8, 4) is 5.75 Å². The Bertz CT molecular complexity index is 1690. The molecule has 0 aliphatic carbocycles. The second-order valence-electron chi connectivity index (χ2n) is 12.3. The van der Waals surface area contributed by atoms with Gasteiger partial charge in [-0.1, -0.05) is 121 Å². The quantitative estimate of drug-likeness (QED) is 0.187. The van der Waals surface area contributed by atoms with E-state index in [9.17, 15) is 5.11 Å². The molecule has 1 heterocycles. The minimum Gasteiger partial charge on any atom is -0.507 e. The summed E-state index contributed by atoms with van der Waals surface area (Å²) in [6.45, 7) is 9.71. The van der Waals surface area contributed by atoms with E-state index in [1.807, 2.05) is 42.5 Å². The van der Waals surface area contributed by atoms with Gasteiger partial charge in [-0.25, -0.2) is 4.98 Å². The van der Waals surface area contributed by atoms with Crippen LogP contribution < -0.4 is 0 Å². The van der Waals surface area contributed by atoms with Gasteiger partial charge in [0.2, 0.25) is 5.89 Å². The van der Waals surface area contributed by atoms with E-state index >= 15 is 0 Å². The number of rotatable bonds is 8. The molecule has 216 valence electrons. The number of oxazole rings is 1. The van der Waals surface area contributed by atoms with Crippen LogP contribution in [0.1, 0.15) is 60.0 Å². The first-order chi connectivity index (χ1) is 20.8. The predicted octanol–water partition coefficient (Wildman–Crippen LogP) is 9.03. The summed E-state index contributed by atoms with van der Waals surface area (Å²) in [6.07, 6.45) is 0. The third-order valence-corrected chi connectivity index (χ3v) is 8.33. The average Bonchev–Trinajstić information content (AvgIpc) is 3.43. The highest BCUT2D eigenvalue weighted by atomic mass is 16.3. The Morgan fingerprint density at radius 2 is 1.19 bits per heavy atom. The highest BCUT2D eigenvalue weighted by Gasteiger charge is 2.41. The largest absolute Gasteiger partial charge is 0.507 e. The van der Waals surface area contributed by atoms with Crippen LogP contribution in [0.3, 0.4) is 0 Å². The first-order valence-corrected chi connectivity index (χ1v) is 14.9. The van der Waals surface area contributed by atoms with Crippen LogP contribution >= 0.6 is 0 Å². The summed E-state index contributed by atoms with van der Waals surface area (Å²) >= 11 is 0. The molecular formula is C39H38N2O2. The van der Waals surface area contributed by atoms with E-state index < -0.39 is 5.41 Å². The fourth-order valence-electron chi connectivity index (χ4n) is 6.18. The summed E-state index contributed by atoms with van der Waals surface area (Å²) in [6, 6.07) is 43.7. The van der Waals surface area contributed by atoms with Gasteiger partial charge >= 0.3 is 0 Å². The highest BCUT2D eigenvalue weighted by Crippen LogP contribution is 2.49. The third-order valence-electron chi connectivity index (χ3n) is 8.33. The summed E-state index contributed by atoms with van der Waals surface area (Å²) in [5.41, 5.74) is 6.79. The van der Waals surface area contributed by atoms with Gasteiger partial charge in [0, 0.05) is 23.2 Å². The van der Waals surface area contributed by atoms with Crippen LogP contribution in [0.4, 0.5) is 0 Å². The maximum absolute atomic E-state index is 12.4. The van der Waals surface area contributed by atoms with E-state index in [1.54, 1.807) is 0 Å². The molecule has 4 nitrogen and oxygen atoms in total. The Kier molecular flexibility index (Phi) is 7.64. The molecule has 4 heteroatoms. The van der Waals surface area contributed by atoms with Gasteiger partial charge in [0.25, 0.3) is 0 Å². The Morgan fingerprint density at radius 1 is 0.674 bits per heavy atom. The normalized spacial score (nSPS) is 12.2. The van der Waals surface area contributed by atoms with Gasteiger partial charge in [-0.2, -0.15) is 0 Å². The summed E-state index contributed by atoms with van der Waals surface area (Å²) in [7, 11) is 0. The van der Waals surface area contributed by atoms with Crippen molar-refractivity contribution in [3.05, 3.63) is 167 Å². The number of phenolic OH excluding ortho intramolecular Hbond substituents is 1. The number of benzene rings is 5. The molecule has 0 bridgehead atoms. The smallest absolute Gasteiger partial charge is 0.209 e. The minimum atomic E-state index is -0.735. The summed E-state index contributed by atoms with van der Waals surface area (Å²) in [5, 5.41) is 12.4. The van der Waals surface area contributed by atoms with E-state index in [-0.39, 0.29) is 5.54 Å². The zero-order valence-corrected chi connectivity index (χ0v) is 25.3. The van der Waals surface area contributed by atoms with Crippen molar-refractivity contribution < 1.29 is 9.52 Å². The monoisotopic (exact) mass is 566 g/mol.